The fourth-order valence-electron chi connectivity index (χ4n) is 4.79. The lowest BCUT2D eigenvalue weighted by Gasteiger charge is -2.02. The van der Waals surface area contributed by atoms with Crippen molar-refractivity contribution in [2.45, 2.75) is 27.7 Å². The molecule has 5 rings (SSSR count). The topological polar surface area (TPSA) is 62.8 Å². The molecule has 3 N–H and O–H groups in total. The standard InChI is InChI=1S/C48H39N3/c1-34(2)6-27-46(49)43-21-15-37(16-22-43)9-12-40-30-41(13-10-38-17-23-44(24-18-38)47(50)28-7-35(3)4)32-42(31-40)14-11-39-19-25-45(26-20-39)48-29-8-36(5)33-51-48/h6-8,15-33,49H,1,50H2,2-5H3/b27-6-,47-28-,49-46?. The summed E-state index contributed by atoms with van der Waals surface area (Å²) in [7, 11) is 0. The summed E-state index contributed by atoms with van der Waals surface area (Å²) in [6, 6.07) is 33.7. The second kappa shape index (κ2) is 17.0. The van der Waals surface area contributed by atoms with E-state index < -0.39 is 0 Å². The molecule has 0 unspecified atom stereocenters. The summed E-state index contributed by atoms with van der Waals surface area (Å²) in [5, 5.41) is 8.29. The van der Waals surface area contributed by atoms with E-state index >= 15 is 0 Å². The highest BCUT2D eigenvalue weighted by Gasteiger charge is 2.02. The Balaban J connectivity index is 1.43. The van der Waals surface area contributed by atoms with Crippen molar-refractivity contribution in [2.75, 3.05) is 0 Å². The summed E-state index contributed by atoms with van der Waals surface area (Å²) in [5.74, 6) is 19.8. The maximum Gasteiger partial charge on any atom is 0.0702 e. The number of nitrogens with two attached hydrogens (primary N) is 1. The molecule has 0 aliphatic heterocycles. The smallest absolute Gasteiger partial charge is 0.0702 e. The zero-order chi connectivity index (χ0) is 36.2. The number of nitrogens with one attached hydrogen (secondary N) is 1. The number of aryl methyl sites for hydroxylation is 1. The van der Waals surface area contributed by atoms with E-state index in [2.05, 4.69) is 53.2 Å². The van der Waals surface area contributed by atoms with Crippen LogP contribution in [0, 0.1) is 47.9 Å². The predicted molar refractivity (Wildman–Crippen MR) is 214 cm³/mol. The number of benzene rings is 4. The summed E-state index contributed by atoms with van der Waals surface area (Å²) in [6.45, 7) is 11.9. The Morgan fingerprint density at radius 2 is 1.08 bits per heavy atom. The van der Waals surface area contributed by atoms with Crippen LogP contribution in [0.2, 0.25) is 0 Å². The minimum Gasteiger partial charge on any atom is -0.398 e. The zero-order valence-corrected chi connectivity index (χ0v) is 29.4. The molecule has 1 heterocycles. The largest absolute Gasteiger partial charge is 0.398 e. The molecule has 0 spiro atoms. The van der Waals surface area contributed by atoms with Crippen LogP contribution in [0.15, 0.2) is 151 Å². The number of hydrogen-bond donors (Lipinski definition) is 2. The third-order valence-electron chi connectivity index (χ3n) is 7.62. The van der Waals surface area contributed by atoms with Crippen molar-refractivity contribution in [2.24, 2.45) is 5.73 Å². The highest BCUT2D eigenvalue weighted by Crippen LogP contribution is 2.18. The monoisotopic (exact) mass is 657 g/mol. The number of hydrogen-bond acceptors (Lipinski definition) is 3. The third kappa shape index (κ3) is 10.8. The van der Waals surface area contributed by atoms with Gasteiger partial charge < -0.3 is 11.1 Å². The van der Waals surface area contributed by atoms with Gasteiger partial charge in [-0.1, -0.05) is 108 Å². The lowest BCUT2D eigenvalue weighted by molar-refractivity contribution is 1.27. The average Bonchev–Trinajstić information content (AvgIpc) is 3.14. The first-order chi connectivity index (χ1) is 24.6. The Kier molecular flexibility index (Phi) is 11.8. The quantitative estimate of drug-likeness (QED) is 0.108. The van der Waals surface area contributed by atoms with Crippen molar-refractivity contribution in [1.29, 1.82) is 5.41 Å². The van der Waals surface area contributed by atoms with E-state index in [-0.39, 0.29) is 0 Å². The van der Waals surface area contributed by atoms with Crippen LogP contribution in [0.1, 0.15) is 70.8 Å². The number of rotatable bonds is 6. The molecule has 0 aliphatic carbocycles. The Morgan fingerprint density at radius 1 is 0.608 bits per heavy atom. The van der Waals surface area contributed by atoms with E-state index in [9.17, 15) is 0 Å². The number of aromatic nitrogens is 1. The number of allylic oxidation sites excluding steroid dienone is 6. The molecule has 3 heteroatoms. The average molecular weight is 658 g/mol. The highest BCUT2D eigenvalue weighted by molar-refractivity contribution is 6.06. The van der Waals surface area contributed by atoms with Crippen molar-refractivity contribution >= 4 is 11.4 Å². The minimum atomic E-state index is 0.423. The van der Waals surface area contributed by atoms with Gasteiger partial charge in [0.15, 0.2) is 0 Å². The molecule has 51 heavy (non-hydrogen) atoms. The summed E-state index contributed by atoms with van der Waals surface area (Å²) < 4.78 is 0. The molecule has 0 radical (unpaired) electrons. The van der Waals surface area contributed by atoms with Crippen molar-refractivity contribution in [3.63, 3.8) is 0 Å². The second-order valence-corrected chi connectivity index (χ2v) is 12.5. The van der Waals surface area contributed by atoms with Crippen LogP contribution in [0.25, 0.3) is 17.0 Å². The molecule has 3 nitrogen and oxygen atoms in total. The van der Waals surface area contributed by atoms with Gasteiger partial charge in [0.1, 0.15) is 0 Å². The number of pyridine rings is 1. The van der Waals surface area contributed by atoms with E-state index in [1.807, 2.05) is 149 Å². The normalized spacial score (nSPS) is 10.5. The Bertz CT molecular complexity index is 2340. The van der Waals surface area contributed by atoms with Crippen molar-refractivity contribution in [1.82, 2.24) is 4.98 Å². The molecule has 0 saturated carbocycles. The van der Waals surface area contributed by atoms with E-state index in [0.717, 1.165) is 66.9 Å². The van der Waals surface area contributed by atoms with Gasteiger partial charge in [0.2, 0.25) is 0 Å². The third-order valence-corrected chi connectivity index (χ3v) is 7.62. The molecule has 0 atom stereocenters. The van der Waals surface area contributed by atoms with E-state index in [1.54, 1.807) is 6.08 Å². The molecule has 1 aromatic heterocycles. The van der Waals surface area contributed by atoms with Crippen LogP contribution in [0.5, 0.6) is 0 Å². The molecule has 5 aromatic rings. The molecule has 0 saturated heterocycles. The fourth-order valence-corrected chi connectivity index (χ4v) is 4.79. The first kappa shape index (κ1) is 35.4. The summed E-state index contributed by atoms with van der Waals surface area (Å²) in [4.78, 5) is 4.53. The van der Waals surface area contributed by atoms with Gasteiger partial charge in [0.05, 0.1) is 11.4 Å². The first-order valence-electron chi connectivity index (χ1n) is 16.6. The minimum absolute atomic E-state index is 0.423. The molecule has 0 aliphatic rings. The Morgan fingerprint density at radius 3 is 1.53 bits per heavy atom. The molecular weight excluding hydrogens is 619 g/mol. The molecule has 0 amide bonds. The van der Waals surface area contributed by atoms with E-state index in [0.29, 0.717) is 11.4 Å². The highest BCUT2D eigenvalue weighted by atomic mass is 14.7. The predicted octanol–water partition coefficient (Wildman–Crippen LogP) is 10.0. The van der Waals surface area contributed by atoms with Crippen LogP contribution in [-0.4, -0.2) is 10.7 Å². The molecular formula is C48H39N3. The maximum absolute atomic E-state index is 8.29. The van der Waals surface area contributed by atoms with E-state index in [4.69, 9.17) is 11.1 Å². The maximum atomic E-state index is 8.29. The van der Waals surface area contributed by atoms with Crippen LogP contribution in [-0.2, 0) is 0 Å². The second-order valence-electron chi connectivity index (χ2n) is 12.5. The summed E-state index contributed by atoms with van der Waals surface area (Å²) in [5.41, 5.74) is 19.4. The first-order valence-corrected chi connectivity index (χ1v) is 16.6. The lowest BCUT2D eigenvalue weighted by Crippen LogP contribution is -1.95. The van der Waals surface area contributed by atoms with Crippen LogP contribution in [0.3, 0.4) is 0 Å². The van der Waals surface area contributed by atoms with Crippen LogP contribution < -0.4 is 5.73 Å². The van der Waals surface area contributed by atoms with Crippen LogP contribution in [0.4, 0.5) is 0 Å². The summed E-state index contributed by atoms with van der Waals surface area (Å²) >= 11 is 0. The van der Waals surface area contributed by atoms with Crippen molar-refractivity contribution in [3.05, 3.63) is 201 Å². The Labute approximate surface area is 302 Å². The SMILES string of the molecule is C=C(C)/C=C\C(=N)c1ccc(C#Cc2cc(C#Cc3ccc(/C(N)=C/C=C(C)C)cc3)cc(C#Cc3ccc(-c4ccc(C)cn4)cc3)c2)cc1. The zero-order valence-electron chi connectivity index (χ0n) is 29.4. The van der Waals surface area contributed by atoms with Gasteiger partial charge in [-0.15, -0.1) is 0 Å². The fraction of sp³-hybridized carbons (Fsp3) is 0.0833. The Hall–Kier alpha value is -6.86. The summed E-state index contributed by atoms with van der Waals surface area (Å²) in [6.07, 6.45) is 9.38. The van der Waals surface area contributed by atoms with E-state index in [1.165, 1.54) is 5.57 Å². The van der Waals surface area contributed by atoms with Crippen LogP contribution >= 0.6 is 0 Å². The van der Waals surface area contributed by atoms with Gasteiger partial charge in [-0.05, 0) is 117 Å². The van der Waals surface area contributed by atoms with Crippen molar-refractivity contribution in [3.8, 4) is 46.8 Å². The number of nitrogens with zero attached hydrogens (tertiary/aromatic N) is 1. The lowest BCUT2D eigenvalue weighted by atomic mass is 10.0. The van der Waals surface area contributed by atoms with Gasteiger partial charge in [0.25, 0.3) is 0 Å². The van der Waals surface area contributed by atoms with Gasteiger partial charge in [0, 0.05) is 50.8 Å². The van der Waals surface area contributed by atoms with Crippen molar-refractivity contribution < 1.29 is 0 Å². The van der Waals surface area contributed by atoms with Gasteiger partial charge >= 0.3 is 0 Å². The molecule has 246 valence electrons. The molecule has 0 fully saturated rings. The van der Waals surface area contributed by atoms with Gasteiger partial charge in [-0.3, -0.25) is 4.98 Å². The van der Waals surface area contributed by atoms with Gasteiger partial charge in [-0.25, -0.2) is 0 Å². The molecule has 4 aromatic carbocycles. The molecule has 0 bridgehead atoms. The van der Waals surface area contributed by atoms with Gasteiger partial charge in [-0.2, -0.15) is 0 Å².